The molecule has 0 saturated carbocycles. The van der Waals surface area contributed by atoms with Crippen molar-refractivity contribution in [3.8, 4) is 56.2 Å². The van der Waals surface area contributed by atoms with E-state index in [-0.39, 0.29) is 5.41 Å². The zero-order valence-corrected chi connectivity index (χ0v) is 30.2. The molecule has 1 unspecified atom stereocenters. The van der Waals surface area contributed by atoms with Crippen molar-refractivity contribution in [1.29, 1.82) is 0 Å². The molecule has 3 nitrogen and oxygen atoms in total. The third-order valence-electron chi connectivity index (χ3n) is 11.6. The highest BCUT2D eigenvalue weighted by atomic mass is 16.3. The van der Waals surface area contributed by atoms with Crippen molar-refractivity contribution in [2.24, 2.45) is 0 Å². The lowest BCUT2D eigenvalue weighted by molar-refractivity contribution is 0.670. The molecule has 1 aliphatic carbocycles. The van der Waals surface area contributed by atoms with Gasteiger partial charge in [-0.2, -0.15) is 0 Å². The summed E-state index contributed by atoms with van der Waals surface area (Å²) >= 11 is 0. The van der Waals surface area contributed by atoms with E-state index in [0.717, 1.165) is 66.5 Å². The Morgan fingerprint density at radius 1 is 0.436 bits per heavy atom. The fraction of sp³-hybridized carbons (Fsp3) is 0.0385. The van der Waals surface area contributed by atoms with Crippen LogP contribution >= 0.6 is 0 Å². The van der Waals surface area contributed by atoms with Gasteiger partial charge in [0.05, 0.1) is 11.4 Å². The molecule has 1 aliphatic rings. The minimum absolute atomic E-state index is 0.307. The summed E-state index contributed by atoms with van der Waals surface area (Å²) in [7, 11) is 0. The van der Waals surface area contributed by atoms with Gasteiger partial charge in [-0.05, 0) is 69.3 Å². The first-order valence-electron chi connectivity index (χ1n) is 18.8. The van der Waals surface area contributed by atoms with E-state index in [1.54, 1.807) is 0 Å². The van der Waals surface area contributed by atoms with E-state index in [2.05, 4.69) is 183 Å². The van der Waals surface area contributed by atoms with Crippen LogP contribution in [0.15, 0.2) is 192 Å². The van der Waals surface area contributed by atoms with Gasteiger partial charge in [-0.3, -0.25) is 0 Å². The van der Waals surface area contributed by atoms with Gasteiger partial charge in [-0.25, -0.2) is 9.97 Å². The van der Waals surface area contributed by atoms with Crippen LogP contribution in [-0.2, 0) is 5.41 Å². The highest BCUT2D eigenvalue weighted by Crippen LogP contribution is 2.55. The average molecular weight is 703 g/mol. The summed E-state index contributed by atoms with van der Waals surface area (Å²) in [6.07, 6.45) is 0. The van der Waals surface area contributed by atoms with Crippen molar-refractivity contribution >= 4 is 32.7 Å². The Morgan fingerprint density at radius 2 is 1.07 bits per heavy atom. The lowest BCUT2D eigenvalue weighted by atomic mass is 9.74. The Hall–Kier alpha value is -7.10. The molecule has 258 valence electrons. The van der Waals surface area contributed by atoms with Crippen LogP contribution in [0.1, 0.15) is 23.6 Å². The van der Waals surface area contributed by atoms with Gasteiger partial charge in [0.1, 0.15) is 11.2 Å². The van der Waals surface area contributed by atoms with E-state index in [0.29, 0.717) is 5.82 Å². The SMILES string of the molecule is CC1(c2ccccc2)c2ccccc2-c2c(-c3cc(-c4ccc(-c5cccc6c5oc5ccccc56)cc4)nc(-c4ccc5ccccc5c4)n3)cccc21. The van der Waals surface area contributed by atoms with E-state index in [1.165, 1.54) is 33.2 Å². The summed E-state index contributed by atoms with van der Waals surface area (Å²) in [6, 6.07) is 66.8. The van der Waals surface area contributed by atoms with Crippen LogP contribution in [0.2, 0.25) is 0 Å². The second-order valence-electron chi connectivity index (χ2n) is 14.6. The first-order valence-corrected chi connectivity index (χ1v) is 18.8. The molecule has 8 aromatic carbocycles. The Bertz CT molecular complexity index is 3110. The zero-order chi connectivity index (χ0) is 36.5. The van der Waals surface area contributed by atoms with E-state index >= 15 is 0 Å². The molecule has 0 amide bonds. The molecule has 0 bridgehead atoms. The van der Waals surface area contributed by atoms with E-state index in [1.807, 2.05) is 12.1 Å². The highest BCUT2D eigenvalue weighted by Gasteiger charge is 2.41. The fourth-order valence-corrected chi connectivity index (χ4v) is 8.82. The van der Waals surface area contributed by atoms with Crippen LogP contribution in [0.5, 0.6) is 0 Å². The van der Waals surface area contributed by atoms with Crippen molar-refractivity contribution in [1.82, 2.24) is 9.97 Å². The van der Waals surface area contributed by atoms with Crippen LogP contribution < -0.4 is 0 Å². The van der Waals surface area contributed by atoms with Crippen LogP contribution in [0, 0.1) is 0 Å². The normalized spacial score (nSPS) is 14.7. The quantitative estimate of drug-likeness (QED) is 0.179. The molecule has 0 spiro atoms. The molecule has 2 aromatic heterocycles. The summed E-state index contributed by atoms with van der Waals surface area (Å²) < 4.78 is 6.40. The standard InChI is InChI=1S/C52H34N2O/c1-52(38-15-3-2-4-16-38)44-22-9-7-18-42(44)49-43(21-12-23-45(49)52)47-32-46(53-51(54-47)37-30-25-33-13-5-6-14-36(33)31-37)35-28-26-34(27-29-35)39-19-11-20-41-40-17-8-10-24-48(40)55-50(39)41/h2-32H,1H3. The van der Waals surface area contributed by atoms with Gasteiger partial charge >= 0.3 is 0 Å². The van der Waals surface area contributed by atoms with Gasteiger partial charge in [-0.15, -0.1) is 0 Å². The monoisotopic (exact) mass is 702 g/mol. The summed E-state index contributed by atoms with van der Waals surface area (Å²) in [5.41, 5.74) is 14.9. The van der Waals surface area contributed by atoms with Gasteiger partial charge in [0.25, 0.3) is 0 Å². The van der Waals surface area contributed by atoms with Gasteiger partial charge in [0, 0.05) is 38.4 Å². The van der Waals surface area contributed by atoms with Gasteiger partial charge in [0.2, 0.25) is 0 Å². The number of fused-ring (bicyclic) bond motifs is 7. The maximum Gasteiger partial charge on any atom is 0.160 e. The van der Waals surface area contributed by atoms with Crippen molar-refractivity contribution in [2.75, 3.05) is 0 Å². The van der Waals surface area contributed by atoms with E-state index < -0.39 is 0 Å². The molecule has 1 atom stereocenters. The summed E-state index contributed by atoms with van der Waals surface area (Å²) in [5.74, 6) is 0.698. The number of para-hydroxylation sites is 2. The lowest BCUT2D eigenvalue weighted by Gasteiger charge is -2.28. The van der Waals surface area contributed by atoms with Crippen LogP contribution in [0.25, 0.3) is 88.9 Å². The van der Waals surface area contributed by atoms with E-state index in [9.17, 15) is 0 Å². The van der Waals surface area contributed by atoms with Crippen LogP contribution in [-0.4, -0.2) is 9.97 Å². The van der Waals surface area contributed by atoms with Crippen LogP contribution in [0.4, 0.5) is 0 Å². The number of furan rings is 1. The van der Waals surface area contributed by atoms with Gasteiger partial charge < -0.3 is 4.42 Å². The molecule has 0 N–H and O–H groups in total. The Morgan fingerprint density at radius 3 is 1.96 bits per heavy atom. The van der Waals surface area contributed by atoms with Crippen molar-refractivity contribution in [3.63, 3.8) is 0 Å². The Labute approximate surface area is 319 Å². The van der Waals surface area contributed by atoms with Crippen molar-refractivity contribution in [3.05, 3.63) is 205 Å². The number of aromatic nitrogens is 2. The van der Waals surface area contributed by atoms with Crippen molar-refractivity contribution < 1.29 is 4.42 Å². The fourth-order valence-electron chi connectivity index (χ4n) is 8.82. The maximum absolute atomic E-state index is 6.40. The molecule has 0 aliphatic heterocycles. The Kier molecular flexibility index (Phi) is 6.99. The second kappa shape index (κ2) is 12.2. The molecule has 0 saturated heterocycles. The number of hydrogen-bond donors (Lipinski definition) is 0. The minimum atomic E-state index is -0.307. The Balaban J connectivity index is 1.09. The predicted molar refractivity (Wildman–Crippen MR) is 226 cm³/mol. The number of hydrogen-bond acceptors (Lipinski definition) is 3. The number of rotatable bonds is 5. The molecule has 11 rings (SSSR count). The first-order chi connectivity index (χ1) is 27.1. The van der Waals surface area contributed by atoms with Crippen molar-refractivity contribution in [2.45, 2.75) is 12.3 Å². The molecule has 55 heavy (non-hydrogen) atoms. The van der Waals surface area contributed by atoms with Gasteiger partial charge in [-0.1, -0.05) is 170 Å². The smallest absolute Gasteiger partial charge is 0.160 e. The summed E-state index contributed by atoms with van der Waals surface area (Å²) in [6.45, 7) is 2.36. The van der Waals surface area contributed by atoms with E-state index in [4.69, 9.17) is 14.4 Å². The highest BCUT2D eigenvalue weighted by molar-refractivity contribution is 6.09. The average Bonchev–Trinajstić information content (AvgIpc) is 3.77. The first kappa shape index (κ1) is 31.4. The summed E-state index contributed by atoms with van der Waals surface area (Å²) in [5, 5.41) is 4.60. The third-order valence-corrected chi connectivity index (χ3v) is 11.6. The number of benzene rings is 8. The minimum Gasteiger partial charge on any atom is -0.455 e. The second-order valence-corrected chi connectivity index (χ2v) is 14.6. The molecule has 10 aromatic rings. The third kappa shape index (κ3) is 4.90. The lowest BCUT2D eigenvalue weighted by Crippen LogP contribution is -2.22. The molecule has 0 fully saturated rings. The topological polar surface area (TPSA) is 38.9 Å². The predicted octanol–water partition coefficient (Wildman–Crippen LogP) is 13.5. The molecule has 0 radical (unpaired) electrons. The number of nitrogens with zero attached hydrogens (tertiary/aromatic N) is 2. The molecular weight excluding hydrogens is 669 g/mol. The largest absolute Gasteiger partial charge is 0.455 e. The maximum atomic E-state index is 6.40. The molecular formula is C52H34N2O. The zero-order valence-electron chi connectivity index (χ0n) is 30.2. The van der Waals surface area contributed by atoms with Crippen LogP contribution in [0.3, 0.4) is 0 Å². The molecule has 2 heterocycles. The van der Waals surface area contributed by atoms with Gasteiger partial charge in [0.15, 0.2) is 5.82 Å². The molecule has 3 heteroatoms. The summed E-state index contributed by atoms with van der Waals surface area (Å²) in [4.78, 5) is 10.6.